The summed E-state index contributed by atoms with van der Waals surface area (Å²) in [6.07, 6.45) is 0.744. The minimum atomic E-state index is -0.144. The molecule has 0 saturated carbocycles. The van der Waals surface area contributed by atoms with E-state index in [9.17, 15) is 5.11 Å². The molecule has 0 amide bonds. The Morgan fingerprint density at radius 1 is 1.35 bits per heavy atom. The van der Waals surface area contributed by atoms with Crippen LogP contribution in [0.2, 0.25) is 0 Å². The van der Waals surface area contributed by atoms with E-state index in [1.165, 1.54) is 5.56 Å². The van der Waals surface area contributed by atoms with E-state index >= 15 is 0 Å². The summed E-state index contributed by atoms with van der Waals surface area (Å²) < 4.78 is 0. The van der Waals surface area contributed by atoms with Gasteiger partial charge in [-0.05, 0) is 19.0 Å². The maximum absolute atomic E-state index is 9.92. The predicted octanol–water partition coefficient (Wildman–Crippen LogP) is 1.09. The molecule has 1 aliphatic heterocycles. The summed E-state index contributed by atoms with van der Waals surface area (Å²) in [6, 6.07) is 10.5. The summed E-state index contributed by atoms with van der Waals surface area (Å²) >= 11 is 0. The van der Waals surface area contributed by atoms with Gasteiger partial charge in [-0.15, -0.1) is 0 Å². The summed E-state index contributed by atoms with van der Waals surface area (Å²) in [6.45, 7) is 3.87. The largest absolute Gasteiger partial charge is 0.393 e. The molecule has 17 heavy (non-hydrogen) atoms. The first-order valence-electron chi connectivity index (χ1n) is 6.38. The molecule has 2 atom stereocenters. The Balaban J connectivity index is 1.90. The zero-order valence-electron chi connectivity index (χ0n) is 10.5. The minimum Gasteiger partial charge on any atom is -0.393 e. The molecule has 3 heteroatoms. The molecule has 0 spiro atoms. The molecule has 1 aromatic carbocycles. The topological polar surface area (TPSA) is 35.5 Å². The molecule has 0 unspecified atom stereocenters. The van der Waals surface area contributed by atoms with Gasteiger partial charge in [0.05, 0.1) is 6.10 Å². The van der Waals surface area contributed by atoms with Gasteiger partial charge in [-0.1, -0.05) is 30.3 Å². The molecule has 2 N–H and O–H groups in total. The zero-order chi connectivity index (χ0) is 12.1. The van der Waals surface area contributed by atoms with Crippen molar-refractivity contribution >= 4 is 0 Å². The van der Waals surface area contributed by atoms with E-state index in [4.69, 9.17) is 0 Å². The van der Waals surface area contributed by atoms with Crippen LogP contribution in [-0.2, 0) is 6.54 Å². The lowest BCUT2D eigenvalue weighted by atomic mass is 9.94. The fourth-order valence-corrected chi connectivity index (χ4v) is 2.54. The normalized spacial score (nSPS) is 26.0. The van der Waals surface area contributed by atoms with Gasteiger partial charge < -0.3 is 10.4 Å². The Morgan fingerprint density at radius 3 is 2.82 bits per heavy atom. The van der Waals surface area contributed by atoms with Crippen molar-refractivity contribution in [2.75, 3.05) is 26.7 Å². The first kappa shape index (κ1) is 12.6. The molecule has 0 bridgehead atoms. The van der Waals surface area contributed by atoms with Gasteiger partial charge in [0.25, 0.3) is 0 Å². The van der Waals surface area contributed by atoms with Gasteiger partial charge in [0.15, 0.2) is 0 Å². The molecule has 0 radical (unpaired) electrons. The lowest BCUT2D eigenvalue weighted by Gasteiger charge is -2.36. The lowest BCUT2D eigenvalue weighted by molar-refractivity contribution is 0.0248. The highest BCUT2D eigenvalue weighted by molar-refractivity contribution is 5.14. The fourth-order valence-electron chi connectivity index (χ4n) is 2.54. The zero-order valence-corrected chi connectivity index (χ0v) is 10.5. The maximum Gasteiger partial charge on any atom is 0.0605 e. The van der Waals surface area contributed by atoms with E-state index < -0.39 is 0 Å². The van der Waals surface area contributed by atoms with Crippen LogP contribution in [0.15, 0.2) is 30.3 Å². The summed E-state index contributed by atoms with van der Waals surface area (Å²) in [7, 11) is 1.95. The molecule has 1 fully saturated rings. The van der Waals surface area contributed by atoms with Crippen LogP contribution < -0.4 is 5.32 Å². The van der Waals surface area contributed by atoms with Crippen molar-refractivity contribution in [3.05, 3.63) is 35.9 Å². The number of aliphatic hydroxyl groups excluding tert-OH is 1. The van der Waals surface area contributed by atoms with Crippen molar-refractivity contribution in [3.8, 4) is 0 Å². The first-order valence-corrected chi connectivity index (χ1v) is 6.38. The van der Waals surface area contributed by atoms with Gasteiger partial charge >= 0.3 is 0 Å². The standard InChI is InChI=1S/C14H22N2O/c1-15-9-13-11-16(8-7-14(13)17)10-12-5-3-2-4-6-12/h2-6,13-15,17H,7-11H2,1H3/t13-,14+/m0/s1. The molecular weight excluding hydrogens is 212 g/mol. The molecule has 1 aromatic rings. The summed E-state index contributed by atoms with van der Waals surface area (Å²) in [5.74, 6) is 0.359. The van der Waals surface area contributed by atoms with Crippen LogP contribution in [-0.4, -0.2) is 42.8 Å². The smallest absolute Gasteiger partial charge is 0.0605 e. The van der Waals surface area contributed by atoms with Crippen molar-refractivity contribution in [2.24, 2.45) is 5.92 Å². The Bertz CT molecular complexity index is 328. The minimum absolute atomic E-state index is 0.144. The molecule has 1 saturated heterocycles. The van der Waals surface area contributed by atoms with Crippen molar-refractivity contribution in [1.29, 1.82) is 0 Å². The molecular formula is C14H22N2O. The number of piperidine rings is 1. The Morgan fingerprint density at radius 2 is 2.12 bits per heavy atom. The highest BCUT2D eigenvalue weighted by atomic mass is 16.3. The average molecular weight is 234 g/mol. The van der Waals surface area contributed by atoms with Gasteiger partial charge in [-0.3, -0.25) is 4.90 Å². The number of benzene rings is 1. The van der Waals surface area contributed by atoms with Gasteiger partial charge in [0.1, 0.15) is 0 Å². The second-order valence-corrected chi connectivity index (χ2v) is 4.89. The van der Waals surface area contributed by atoms with Crippen LogP contribution in [0.3, 0.4) is 0 Å². The quantitative estimate of drug-likeness (QED) is 0.818. The Kier molecular flexibility index (Phi) is 4.54. The SMILES string of the molecule is CNC[C@H]1CN(Cc2ccccc2)CC[C@H]1O. The number of rotatable bonds is 4. The summed E-state index contributed by atoms with van der Waals surface area (Å²) in [5.41, 5.74) is 1.35. The second-order valence-electron chi connectivity index (χ2n) is 4.89. The number of nitrogens with one attached hydrogen (secondary N) is 1. The van der Waals surface area contributed by atoms with E-state index in [0.717, 1.165) is 32.6 Å². The van der Waals surface area contributed by atoms with E-state index in [1.807, 2.05) is 13.1 Å². The molecule has 2 rings (SSSR count). The molecule has 1 aliphatic rings. The van der Waals surface area contributed by atoms with Crippen LogP contribution in [0, 0.1) is 5.92 Å². The summed E-state index contributed by atoms with van der Waals surface area (Å²) in [5, 5.41) is 13.1. The highest BCUT2D eigenvalue weighted by Crippen LogP contribution is 2.18. The molecule has 3 nitrogen and oxygen atoms in total. The third-order valence-corrected chi connectivity index (χ3v) is 3.49. The number of aliphatic hydroxyl groups is 1. The van der Waals surface area contributed by atoms with Crippen LogP contribution >= 0.6 is 0 Å². The first-order chi connectivity index (χ1) is 8.29. The Labute approximate surface area is 103 Å². The van der Waals surface area contributed by atoms with Crippen molar-refractivity contribution in [1.82, 2.24) is 10.2 Å². The van der Waals surface area contributed by atoms with E-state index in [1.54, 1.807) is 0 Å². The van der Waals surface area contributed by atoms with Crippen molar-refractivity contribution in [3.63, 3.8) is 0 Å². The number of hydrogen-bond acceptors (Lipinski definition) is 3. The molecule has 0 aliphatic carbocycles. The van der Waals surface area contributed by atoms with Gasteiger partial charge in [-0.25, -0.2) is 0 Å². The molecule has 94 valence electrons. The van der Waals surface area contributed by atoms with Crippen LogP contribution in [0.25, 0.3) is 0 Å². The third kappa shape index (κ3) is 3.53. The summed E-state index contributed by atoms with van der Waals surface area (Å²) in [4.78, 5) is 2.43. The van der Waals surface area contributed by atoms with E-state index in [-0.39, 0.29) is 6.10 Å². The van der Waals surface area contributed by atoms with E-state index in [2.05, 4.69) is 34.5 Å². The number of nitrogens with zero attached hydrogens (tertiary/aromatic N) is 1. The Hall–Kier alpha value is -0.900. The third-order valence-electron chi connectivity index (χ3n) is 3.49. The number of hydrogen-bond donors (Lipinski definition) is 2. The molecule has 1 heterocycles. The van der Waals surface area contributed by atoms with Crippen molar-refractivity contribution in [2.45, 2.75) is 19.1 Å². The van der Waals surface area contributed by atoms with Gasteiger partial charge in [0, 0.05) is 32.1 Å². The maximum atomic E-state index is 9.92. The highest BCUT2D eigenvalue weighted by Gasteiger charge is 2.26. The molecule has 0 aromatic heterocycles. The monoisotopic (exact) mass is 234 g/mol. The average Bonchev–Trinajstić information content (AvgIpc) is 2.35. The predicted molar refractivity (Wildman–Crippen MR) is 69.8 cm³/mol. The number of likely N-dealkylation sites (tertiary alicyclic amines) is 1. The van der Waals surface area contributed by atoms with Crippen LogP contribution in [0.1, 0.15) is 12.0 Å². The van der Waals surface area contributed by atoms with Crippen molar-refractivity contribution < 1.29 is 5.11 Å². The van der Waals surface area contributed by atoms with E-state index in [0.29, 0.717) is 5.92 Å². The lowest BCUT2D eigenvalue weighted by Crippen LogP contribution is -2.46. The second kappa shape index (κ2) is 6.15. The van der Waals surface area contributed by atoms with Gasteiger partial charge in [0.2, 0.25) is 0 Å². The van der Waals surface area contributed by atoms with Gasteiger partial charge in [-0.2, -0.15) is 0 Å². The fraction of sp³-hybridized carbons (Fsp3) is 0.571. The van der Waals surface area contributed by atoms with Crippen LogP contribution in [0.4, 0.5) is 0 Å². The van der Waals surface area contributed by atoms with Crippen LogP contribution in [0.5, 0.6) is 0 Å².